The van der Waals surface area contributed by atoms with Crippen molar-refractivity contribution in [2.75, 3.05) is 11.1 Å². The molecular formula is C13H14N4O. The smallest absolute Gasteiger partial charge is 0.256 e. The number of rotatable bonds is 2. The number of anilines is 2. The number of nitrogens with one attached hydrogen (secondary N) is 1. The molecule has 1 amide bonds. The van der Waals surface area contributed by atoms with Gasteiger partial charge in [0.25, 0.3) is 5.91 Å². The van der Waals surface area contributed by atoms with Crippen LogP contribution in [0.3, 0.4) is 0 Å². The summed E-state index contributed by atoms with van der Waals surface area (Å²) in [5, 5.41) is 2.75. The van der Waals surface area contributed by atoms with Gasteiger partial charge in [-0.1, -0.05) is 0 Å². The highest BCUT2D eigenvalue weighted by Crippen LogP contribution is 2.15. The van der Waals surface area contributed by atoms with Crippen LogP contribution in [0.1, 0.15) is 21.6 Å². The number of hydrogen-bond acceptors (Lipinski definition) is 4. The number of nitrogens with two attached hydrogens (primary N) is 1. The number of amides is 1. The van der Waals surface area contributed by atoms with Crippen molar-refractivity contribution in [1.29, 1.82) is 0 Å². The van der Waals surface area contributed by atoms with Crippen molar-refractivity contribution in [2.45, 2.75) is 13.8 Å². The van der Waals surface area contributed by atoms with Gasteiger partial charge in [-0.3, -0.25) is 9.78 Å². The van der Waals surface area contributed by atoms with E-state index in [4.69, 9.17) is 5.73 Å². The molecule has 18 heavy (non-hydrogen) atoms. The second-order valence-corrected chi connectivity index (χ2v) is 4.07. The van der Waals surface area contributed by atoms with Gasteiger partial charge in [0.1, 0.15) is 5.82 Å². The fourth-order valence-electron chi connectivity index (χ4n) is 1.59. The van der Waals surface area contributed by atoms with Crippen LogP contribution in [0.4, 0.5) is 11.5 Å². The van der Waals surface area contributed by atoms with Crippen molar-refractivity contribution >= 4 is 17.4 Å². The molecule has 2 heterocycles. The number of carbonyl (C=O) groups is 1. The van der Waals surface area contributed by atoms with Crippen LogP contribution in [-0.2, 0) is 0 Å². The van der Waals surface area contributed by atoms with E-state index in [2.05, 4.69) is 15.3 Å². The first kappa shape index (κ1) is 12.0. The Labute approximate surface area is 105 Å². The van der Waals surface area contributed by atoms with E-state index in [0.717, 1.165) is 11.3 Å². The molecule has 0 radical (unpaired) electrons. The molecule has 0 fully saturated rings. The summed E-state index contributed by atoms with van der Waals surface area (Å²) in [7, 11) is 0. The Balaban J connectivity index is 2.21. The quantitative estimate of drug-likeness (QED) is 0.843. The van der Waals surface area contributed by atoms with Crippen molar-refractivity contribution in [3.05, 3.63) is 47.4 Å². The minimum absolute atomic E-state index is 0.208. The van der Waals surface area contributed by atoms with Crippen molar-refractivity contribution in [2.24, 2.45) is 0 Å². The first-order chi connectivity index (χ1) is 8.56. The van der Waals surface area contributed by atoms with Gasteiger partial charge in [-0.2, -0.15) is 0 Å². The third kappa shape index (κ3) is 2.63. The van der Waals surface area contributed by atoms with E-state index in [0.29, 0.717) is 17.1 Å². The molecule has 2 rings (SSSR count). The number of nitrogens with zero attached hydrogens (tertiary/aromatic N) is 2. The van der Waals surface area contributed by atoms with E-state index < -0.39 is 0 Å². The van der Waals surface area contributed by atoms with E-state index in [1.165, 1.54) is 6.20 Å². The number of aromatic nitrogens is 2. The Bertz CT molecular complexity index is 595. The number of aryl methyl sites for hydroxylation is 2. The van der Waals surface area contributed by atoms with E-state index in [9.17, 15) is 4.79 Å². The van der Waals surface area contributed by atoms with Gasteiger partial charge in [0.15, 0.2) is 0 Å². The molecule has 2 aromatic heterocycles. The summed E-state index contributed by atoms with van der Waals surface area (Å²) < 4.78 is 0. The second-order valence-electron chi connectivity index (χ2n) is 4.07. The lowest BCUT2D eigenvalue weighted by atomic mass is 10.2. The summed E-state index contributed by atoms with van der Waals surface area (Å²) in [6.45, 7) is 3.68. The zero-order chi connectivity index (χ0) is 13.1. The Morgan fingerprint density at radius 2 is 2.06 bits per heavy atom. The van der Waals surface area contributed by atoms with Crippen LogP contribution >= 0.6 is 0 Å². The Hall–Kier alpha value is -2.43. The summed E-state index contributed by atoms with van der Waals surface area (Å²) in [5.41, 5.74) is 8.36. The molecule has 0 spiro atoms. The lowest BCUT2D eigenvalue weighted by Crippen LogP contribution is -2.14. The molecule has 0 aliphatic rings. The normalized spacial score (nSPS) is 10.1. The molecule has 3 N–H and O–H groups in total. The monoisotopic (exact) mass is 242 g/mol. The molecule has 0 saturated carbocycles. The Morgan fingerprint density at radius 1 is 1.28 bits per heavy atom. The van der Waals surface area contributed by atoms with Crippen LogP contribution < -0.4 is 11.1 Å². The predicted octanol–water partition coefficient (Wildman–Crippen LogP) is 1.93. The standard InChI is InChI=1S/C13H14N4O/c1-8-5-11(14)7-16-12(8)17-13(18)10-3-4-15-9(2)6-10/h3-7H,14H2,1-2H3,(H,16,17,18). The zero-order valence-corrected chi connectivity index (χ0v) is 10.3. The van der Waals surface area contributed by atoms with Crippen molar-refractivity contribution in [3.8, 4) is 0 Å². The lowest BCUT2D eigenvalue weighted by molar-refractivity contribution is 0.102. The van der Waals surface area contributed by atoms with Gasteiger partial charge in [0, 0.05) is 17.5 Å². The molecule has 0 saturated heterocycles. The second kappa shape index (κ2) is 4.83. The van der Waals surface area contributed by atoms with E-state index in [1.54, 1.807) is 24.4 Å². The summed E-state index contributed by atoms with van der Waals surface area (Å²) in [5.74, 6) is 0.310. The van der Waals surface area contributed by atoms with E-state index in [-0.39, 0.29) is 5.91 Å². The topological polar surface area (TPSA) is 80.9 Å². The molecule has 5 nitrogen and oxygen atoms in total. The first-order valence-electron chi connectivity index (χ1n) is 5.52. The van der Waals surface area contributed by atoms with Gasteiger partial charge in [-0.15, -0.1) is 0 Å². The van der Waals surface area contributed by atoms with Gasteiger partial charge in [0.05, 0.1) is 11.9 Å². The molecule has 0 bridgehead atoms. The summed E-state index contributed by atoms with van der Waals surface area (Å²) >= 11 is 0. The molecular weight excluding hydrogens is 228 g/mol. The Morgan fingerprint density at radius 3 is 2.72 bits per heavy atom. The van der Waals surface area contributed by atoms with Crippen molar-refractivity contribution < 1.29 is 4.79 Å². The molecule has 0 aliphatic heterocycles. The lowest BCUT2D eigenvalue weighted by Gasteiger charge is -2.08. The van der Waals surface area contributed by atoms with Gasteiger partial charge in [-0.05, 0) is 37.6 Å². The molecule has 5 heteroatoms. The fourth-order valence-corrected chi connectivity index (χ4v) is 1.59. The molecule has 2 aromatic rings. The minimum atomic E-state index is -0.208. The van der Waals surface area contributed by atoms with Crippen LogP contribution in [0.15, 0.2) is 30.6 Å². The minimum Gasteiger partial charge on any atom is -0.397 e. The Kier molecular flexibility index (Phi) is 3.23. The third-order valence-corrected chi connectivity index (χ3v) is 2.49. The fraction of sp³-hybridized carbons (Fsp3) is 0.154. The summed E-state index contributed by atoms with van der Waals surface area (Å²) in [4.78, 5) is 20.1. The largest absolute Gasteiger partial charge is 0.397 e. The molecule has 0 atom stereocenters. The third-order valence-electron chi connectivity index (χ3n) is 2.49. The first-order valence-corrected chi connectivity index (χ1v) is 5.52. The predicted molar refractivity (Wildman–Crippen MR) is 70.3 cm³/mol. The van der Waals surface area contributed by atoms with E-state index in [1.807, 2.05) is 13.8 Å². The molecule has 0 aromatic carbocycles. The number of nitrogen functional groups attached to an aromatic ring is 1. The summed E-state index contributed by atoms with van der Waals surface area (Å²) in [6, 6.07) is 5.15. The average molecular weight is 242 g/mol. The highest BCUT2D eigenvalue weighted by Gasteiger charge is 2.09. The molecule has 0 unspecified atom stereocenters. The van der Waals surface area contributed by atoms with Crippen LogP contribution in [0, 0.1) is 13.8 Å². The van der Waals surface area contributed by atoms with E-state index >= 15 is 0 Å². The number of pyridine rings is 2. The highest BCUT2D eigenvalue weighted by atomic mass is 16.1. The van der Waals surface area contributed by atoms with Crippen LogP contribution in [0.2, 0.25) is 0 Å². The van der Waals surface area contributed by atoms with Crippen molar-refractivity contribution in [3.63, 3.8) is 0 Å². The van der Waals surface area contributed by atoms with Gasteiger partial charge in [0.2, 0.25) is 0 Å². The molecule has 0 aliphatic carbocycles. The molecule has 92 valence electrons. The highest BCUT2D eigenvalue weighted by molar-refractivity contribution is 6.04. The SMILES string of the molecule is Cc1cc(C(=O)Nc2ncc(N)cc2C)ccn1. The number of hydrogen-bond donors (Lipinski definition) is 2. The maximum absolute atomic E-state index is 12.0. The zero-order valence-electron chi connectivity index (χ0n) is 10.3. The van der Waals surface area contributed by atoms with Crippen LogP contribution in [0.25, 0.3) is 0 Å². The van der Waals surface area contributed by atoms with Gasteiger partial charge >= 0.3 is 0 Å². The summed E-state index contributed by atoms with van der Waals surface area (Å²) in [6.07, 6.45) is 3.12. The average Bonchev–Trinajstić information content (AvgIpc) is 2.32. The van der Waals surface area contributed by atoms with Crippen molar-refractivity contribution in [1.82, 2.24) is 9.97 Å². The van der Waals surface area contributed by atoms with Gasteiger partial charge in [-0.25, -0.2) is 4.98 Å². The van der Waals surface area contributed by atoms with Crippen LogP contribution in [0.5, 0.6) is 0 Å². The number of carbonyl (C=O) groups excluding carboxylic acids is 1. The maximum Gasteiger partial charge on any atom is 0.256 e. The van der Waals surface area contributed by atoms with Gasteiger partial charge < -0.3 is 11.1 Å². The maximum atomic E-state index is 12.0. The van der Waals surface area contributed by atoms with Crippen LogP contribution in [-0.4, -0.2) is 15.9 Å².